The van der Waals surface area contributed by atoms with Gasteiger partial charge in [-0.3, -0.25) is 0 Å². The number of anilines is 1. The molecule has 0 amide bonds. The molecule has 126 valence electrons. The molecule has 0 radical (unpaired) electrons. The first-order chi connectivity index (χ1) is 10.1. The van der Waals surface area contributed by atoms with Crippen LogP contribution in [0.1, 0.15) is 56.8 Å². The summed E-state index contributed by atoms with van der Waals surface area (Å²) in [6.07, 6.45) is 4.64. The Labute approximate surface area is 140 Å². The van der Waals surface area contributed by atoms with Crippen LogP contribution in [0.15, 0.2) is 24.3 Å². The lowest BCUT2D eigenvalue weighted by Crippen LogP contribution is -2.39. The Morgan fingerprint density at radius 2 is 1.73 bits per heavy atom. The standard InChI is InChI=1S/C17H28N2O2.ClH/c1-4-6-16(7-5-2)19-13(3)12-21-17(20)14-8-10-15(18)11-9-14;/h8-11,13,16,19H,4-7,12,18H2,1-3H3;1H. The van der Waals surface area contributed by atoms with Crippen molar-refractivity contribution in [2.24, 2.45) is 0 Å². The highest BCUT2D eigenvalue weighted by molar-refractivity contribution is 5.89. The van der Waals surface area contributed by atoms with E-state index in [1.165, 1.54) is 0 Å². The van der Waals surface area contributed by atoms with Crippen LogP contribution in [0, 0.1) is 0 Å². The first-order valence-corrected chi connectivity index (χ1v) is 7.85. The summed E-state index contributed by atoms with van der Waals surface area (Å²) in [5.41, 5.74) is 6.78. The van der Waals surface area contributed by atoms with Crippen LogP contribution in [0.5, 0.6) is 0 Å². The SMILES string of the molecule is CCCC(CCC)NC(C)COC(=O)c1ccc(N)cc1.Cl. The third-order valence-corrected chi connectivity index (χ3v) is 3.41. The summed E-state index contributed by atoms with van der Waals surface area (Å²) < 4.78 is 5.34. The fourth-order valence-corrected chi connectivity index (χ4v) is 2.36. The van der Waals surface area contributed by atoms with E-state index in [4.69, 9.17) is 10.5 Å². The van der Waals surface area contributed by atoms with Crippen LogP contribution in [0.25, 0.3) is 0 Å². The van der Waals surface area contributed by atoms with Crippen molar-refractivity contribution in [2.45, 2.75) is 58.5 Å². The van der Waals surface area contributed by atoms with Gasteiger partial charge < -0.3 is 15.8 Å². The zero-order chi connectivity index (χ0) is 15.7. The van der Waals surface area contributed by atoms with Crippen LogP contribution in [0.4, 0.5) is 5.69 Å². The molecule has 22 heavy (non-hydrogen) atoms. The Kier molecular flexibility index (Phi) is 10.7. The predicted octanol–water partition coefficient (Wildman–Crippen LogP) is 3.79. The second-order valence-corrected chi connectivity index (χ2v) is 5.56. The van der Waals surface area contributed by atoms with Gasteiger partial charge in [0, 0.05) is 17.8 Å². The van der Waals surface area contributed by atoms with E-state index in [0.717, 1.165) is 25.7 Å². The van der Waals surface area contributed by atoms with Crippen LogP contribution in [0.3, 0.4) is 0 Å². The van der Waals surface area contributed by atoms with Gasteiger partial charge in [-0.15, -0.1) is 12.4 Å². The van der Waals surface area contributed by atoms with E-state index < -0.39 is 0 Å². The van der Waals surface area contributed by atoms with Gasteiger partial charge in [0.2, 0.25) is 0 Å². The molecule has 5 heteroatoms. The molecule has 0 fully saturated rings. The molecule has 0 saturated carbocycles. The molecule has 1 atom stereocenters. The number of ether oxygens (including phenoxy) is 1. The number of rotatable bonds is 9. The summed E-state index contributed by atoms with van der Waals surface area (Å²) in [7, 11) is 0. The van der Waals surface area contributed by atoms with Crippen molar-refractivity contribution in [3.8, 4) is 0 Å². The van der Waals surface area contributed by atoms with Crippen molar-refractivity contribution in [1.82, 2.24) is 5.32 Å². The van der Waals surface area contributed by atoms with Gasteiger partial charge in [0.15, 0.2) is 0 Å². The molecule has 4 nitrogen and oxygen atoms in total. The van der Waals surface area contributed by atoms with Crippen molar-refractivity contribution in [2.75, 3.05) is 12.3 Å². The zero-order valence-corrected chi connectivity index (χ0v) is 14.6. The van der Waals surface area contributed by atoms with Gasteiger partial charge in [0.1, 0.15) is 6.61 Å². The van der Waals surface area contributed by atoms with E-state index >= 15 is 0 Å². The highest BCUT2D eigenvalue weighted by Crippen LogP contribution is 2.08. The molecule has 0 aromatic heterocycles. The fraction of sp³-hybridized carbons (Fsp3) is 0.588. The van der Waals surface area contributed by atoms with Gasteiger partial charge >= 0.3 is 5.97 Å². The maximum atomic E-state index is 11.9. The number of carbonyl (C=O) groups is 1. The minimum Gasteiger partial charge on any atom is -0.460 e. The summed E-state index contributed by atoms with van der Waals surface area (Å²) in [6, 6.07) is 7.45. The average molecular weight is 329 g/mol. The second-order valence-electron chi connectivity index (χ2n) is 5.56. The Morgan fingerprint density at radius 1 is 1.18 bits per heavy atom. The van der Waals surface area contributed by atoms with Gasteiger partial charge in [0.05, 0.1) is 5.56 Å². The maximum absolute atomic E-state index is 11.9. The zero-order valence-electron chi connectivity index (χ0n) is 13.8. The predicted molar refractivity (Wildman–Crippen MR) is 94.6 cm³/mol. The van der Waals surface area contributed by atoms with E-state index in [-0.39, 0.29) is 24.4 Å². The largest absolute Gasteiger partial charge is 0.460 e. The molecular formula is C17H29ClN2O2. The molecule has 1 aromatic carbocycles. The molecule has 0 aliphatic heterocycles. The molecule has 1 aromatic rings. The fourth-order valence-electron chi connectivity index (χ4n) is 2.36. The van der Waals surface area contributed by atoms with Crippen LogP contribution in [-0.4, -0.2) is 24.7 Å². The number of nitrogen functional groups attached to an aromatic ring is 1. The lowest BCUT2D eigenvalue weighted by molar-refractivity contribution is 0.0465. The van der Waals surface area contributed by atoms with E-state index in [0.29, 0.717) is 23.9 Å². The molecule has 0 spiro atoms. The topological polar surface area (TPSA) is 64.3 Å². The van der Waals surface area contributed by atoms with Crippen LogP contribution in [0.2, 0.25) is 0 Å². The number of benzene rings is 1. The molecule has 1 unspecified atom stereocenters. The normalized spacial score (nSPS) is 11.8. The summed E-state index contributed by atoms with van der Waals surface area (Å²) in [4.78, 5) is 11.9. The van der Waals surface area contributed by atoms with Crippen molar-refractivity contribution in [3.05, 3.63) is 29.8 Å². The van der Waals surface area contributed by atoms with Crippen LogP contribution in [-0.2, 0) is 4.74 Å². The number of hydrogen-bond acceptors (Lipinski definition) is 4. The third kappa shape index (κ3) is 7.66. The minimum absolute atomic E-state index is 0. The van der Waals surface area contributed by atoms with E-state index in [1.54, 1.807) is 24.3 Å². The number of halogens is 1. The Morgan fingerprint density at radius 3 is 2.23 bits per heavy atom. The van der Waals surface area contributed by atoms with Gasteiger partial charge in [-0.1, -0.05) is 26.7 Å². The lowest BCUT2D eigenvalue weighted by atomic mass is 10.1. The first kappa shape index (κ1) is 20.7. The molecule has 1 rings (SSSR count). The number of hydrogen-bond donors (Lipinski definition) is 2. The van der Waals surface area contributed by atoms with E-state index in [1.807, 2.05) is 0 Å². The summed E-state index contributed by atoms with van der Waals surface area (Å²) in [5, 5.41) is 3.54. The van der Waals surface area contributed by atoms with Crippen molar-refractivity contribution in [1.29, 1.82) is 0 Å². The maximum Gasteiger partial charge on any atom is 0.338 e. The van der Waals surface area contributed by atoms with E-state index in [9.17, 15) is 4.79 Å². The number of nitrogens with one attached hydrogen (secondary N) is 1. The third-order valence-electron chi connectivity index (χ3n) is 3.41. The van der Waals surface area contributed by atoms with Crippen molar-refractivity contribution < 1.29 is 9.53 Å². The molecule has 3 N–H and O–H groups in total. The van der Waals surface area contributed by atoms with Gasteiger partial charge in [-0.25, -0.2) is 4.79 Å². The monoisotopic (exact) mass is 328 g/mol. The van der Waals surface area contributed by atoms with Gasteiger partial charge in [-0.2, -0.15) is 0 Å². The minimum atomic E-state index is -0.300. The molecule has 0 saturated heterocycles. The Balaban J connectivity index is 0.00000441. The molecule has 0 bridgehead atoms. The van der Waals surface area contributed by atoms with Crippen LogP contribution < -0.4 is 11.1 Å². The summed E-state index contributed by atoms with van der Waals surface area (Å²) in [6.45, 7) is 6.81. The number of carbonyl (C=O) groups excluding carboxylic acids is 1. The molecular weight excluding hydrogens is 300 g/mol. The Hall–Kier alpha value is -1.26. The van der Waals surface area contributed by atoms with Crippen LogP contribution >= 0.6 is 12.4 Å². The smallest absolute Gasteiger partial charge is 0.338 e. The number of nitrogens with two attached hydrogens (primary N) is 1. The molecule has 0 aliphatic rings. The van der Waals surface area contributed by atoms with Crippen molar-refractivity contribution >= 4 is 24.1 Å². The number of esters is 1. The van der Waals surface area contributed by atoms with Crippen molar-refractivity contribution in [3.63, 3.8) is 0 Å². The quantitative estimate of drug-likeness (QED) is 0.534. The first-order valence-electron chi connectivity index (χ1n) is 7.85. The highest BCUT2D eigenvalue weighted by atomic mass is 35.5. The second kappa shape index (κ2) is 11.3. The lowest BCUT2D eigenvalue weighted by Gasteiger charge is -2.22. The van der Waals surface area contributed by atoms with Gasteiger partial charge in [-0.05, 0) is 44.0 Å². The van der Waals surface area contributed by atoms with Gasteiger partial charge in [0.25, 0.3) is 0 Å². The molecule has 0 heterocycles. The summed E-state index contributed by atoms with van der Waals surface area (Å²) in [5.74, 6) is -0.300. The highest BCUT2D eigenvalue weighted by Gasteiger charge is 2.13. The average Bonchev–Trinajstić information content (AvgIpc) is 2.46. The Bertz CT molecular complexity index is 417. The summed E-state index contributed by atoms with van der Waals surface area (Å²) >= 11 is 0. The van der Waals surface area contributed by atoms with E-state index in [2.05, 4.69) is 26.1 Å². The molecule has 0 aliphatic carbocycles.